The standard InChI is InChI=1S/C15H21FN2O/c16-13-3-1-4-14(9-13)18-7-8-19-12-15(11-18)5-2-6-17-10-15/h1,3-4,9,17H,2,5-8,10-12H2/t15-/m1/s1. The van der Waals surface area contributed by atoms with Crippen LogP contribution < -0.4 is 10.2 Å². The van der Waals surface area contributed by atoms with E-state index in [9.17, 15) is 4.39 Å². The second-order valence-corrected chi connectivity index (χ2v) is 5.73. The molecule has 1 aromatic carbocycles. The lowest BCUT2D eigenvalue weighted by Crippen LogP contribution is -2.48. The molecule has 4 heteroatoms. The van der Waals surface area contributed by atoms with Gasteiger partial charge in [0.05, 0.1) is 13.2 Å². The predicted octanol–water partition coefficient (Wildman–Crippen LogP) is 2.03. The molecule has 2 aliphatic heterocycles. The van der Waals surface area contributed by atoms with Crippen molar-refractivity contribution < 1.29 is 9.13 Å². The van der Waals surface area contributed by atoms with Crippen LogP contribution in [0.4, 0.5) is 10.1 Å². The van der Waals surface area contributed by atoms with E-state index < -0.39 is 0 Å². The van der Waals surface area contributed by atoms with E-state index in [1.165, 1.54) is 18.9 Å². The van der Waals surface area contributed by atoms with Crippen molar-refractivity contribution in [3.8, 4) is 0 Å². The van der Waals surface area contributed by atoms with Gasteiger partial charge in [-0.15, -0.1) is 0 Å². The fourth-order valence-corrected chi connectivity index (χ4v) is 3.17. The summed E-state index contributed by atoms with van der Waals surface area (Å²) in [5.74, 6) is -0.168. The zero-order valence-electron chi connectivity index (χ0n) is 11.2. The molecule has 2 heterocycles. The molecule has 0 unspecified atom stereocenters. The summed E-state index contributed by atoms with van der Waals surface area (Å²) in [5, 5.41) is 3.48. The maximum Gasteiger partial charge on any atom is 0.125 e. The van der Waals surface area contributed by atoms with Crippen LogP contribution in [0.2, 0.25) is 0 Å². The molecule has 1 atom stereocenters. The van der Waals surface area contributed by atoms with E-state index in [0.717, 1.165) is 45.1 Å². The number of hydrogen-bond donors (Lipinski definition) is 1. The molecule has 1 N–H and O–H groups in total. The molecule has 0 amide bonds. The van der Waals surface area contributed by atoms with Gasteiger partial charge in [-0.1, -0.05) is 6.07 Å². The van der Waals surface area contributed by atoms with Crippen LogP contribution in [0.3, 0.4) is 0 Å². The molecule has 2 saturated heterocycles. The first-order valence-electron chi connectivity index (χ1n) is 7.07. The minimum Gasteiger partial charge on any atom is -0.379 e. The second-order valence-electron chi connectivity index (χ2n) is 5.73. The summed E-state index contributed by atoms with van der Waals surface area (Å²) < 4.78 is 19.2. The van der Waals surface area contributed by atoms with Crippen molar-refractivity contribution in [2.75, 3.05) is 44.3 Å². The number of ether oxygens (including phenoxy) is 1. The Morgan fingerprint density at radius 1 is 1.37 bits per heavy atom. The smallest absolute Gasteiger partial charge is 0.125 e. The maximum absolute atomic E-state index is 13.4. The number of benzene rings is 1. The van der Waals surface area contributed by atoms with Crippen molar-refractivity contribution in [3.63, 3.8) is 0 Å². The van der Waals surface area contributed by atoms with Gasteiger partial charge in [0.2, 0.25) is 0 Å². The molecule has 1 aromatic rings. The number of anilines is 1. The average molecular weight is 264 g/mol. The molecule has 1 spiro atoms. The van der Waals surface area contributed by atoms with Gasteiger partial charge in [0.15, 0.2) is 0 Å². The number of piperidine rings is 1. The highest BCUT2D eigenvalue weighted by molar-refractivity contribution is 5.47. The zero-order valence-corrected chi connectivity index (χ0v) is 11.2. The quantitative estimate of drug-likeness (QED) is 0.840. The number of hydrogen-bond acceptors (Lipinski definition) is 3. The van der Waals surface area contributed by atoms with Gasteiger partial charge in [0, 0.05) is 30.7 Å². The van der Waals surface area contributed by atoms with Crippen molar-refractivity contribution in [2.24, 2.45) is 5.41 Å². The van der Waals surface area contributed by atoms with E-state index in [1.807, 2.05) is 6.07 Å². The topological polar surface area (TPSA) is 24.5 Å². The molecule has 0 aromatic heterocycles. The molecule has 2 fully saturated rings. The summed E-state index contributed by atoms with van der Waals surface area (Å²) >= 11 is 0. The summed E-state index contributed by atoms with van der Waals surface area (Å²) in [6.07, 6.45) is 2.38. The summed E-state index contributed by atoms with van der Waals surface area (Å²) in [4.78, 5) is 2.27. The lowest BCUT2D eigenvalue weighted by Gasteiger charge is -2.39. The third kappa shape index (κ3) is 2.90. The Morgan fingerprint density at radius 3 is 3.11 bits per heavy atom. The van der Waals surface area contributed by atoms with Crippen LogP contribution in [-0.2, 0) is 4.74 Å². The Balaban J connectivity index is 1.81. The highest BCUT2D eigenvalue weighted by atomic mass is 19.1. The van der Waals surface area contributed by atoms with Crippen LogP contribution in [0, 0.1) is 11.2 Å². The zero-order chi connectivity index (χ0) is 13.1. The van der Waals surface area contributed by atoms with Crippen molar-refractivity contribution in [1.29, 1.82) is 0 Å². The van der Waals surface area contributed by atoms with Gasteiger partial charge in [0.25, 0.3) is 0 Å². The Bertz CT molecular complexity index is 432. The first kappa shape index (κ1) is 12.9. The Morgan fingerprint density at radius 2 is 2.32 bits per heavy atom. The first-order chi connectivity index (χ1) is 9.27. The summed E-state index contributed by atoms with van der Waals surface area (Å²) in [7, 11) is 0. The maximum atomic E-state index is 13.4. The van der Waals surface area contributed by atoms with E-state index in [-0.39, 0.29) is 11.2 Å². The molecule has 3 nitrogen and oxygen atoms in total. The van der Waals surface area contributed by atoms with E-state index in [0.29, 0.717) is 0 Å². The lowest BCUT2D eigenvalue weighted by molar-refractivity contribution is 0.0536. The van der Waals surface area contributed by atoms with Gasteiger partial charge in [-0.2, -0.15) is 0 Å². The Kier molecular flexibility index (Phi) is 3.71. The minimum absolute atomic E-state index is 0.168. The number of halogens is 1. The molecule has 2 aliphatic rings. The van der Waals surface area contributed by atoms with E-state index >= 15 is 0 Å². The van der Waals surface area contributed by atoms with Crippen molar-refractivity contribution >= 4 is 5.69 Å². The van der Waals surface area contributed by atoms with Gasteiger partial charge in [0.1, 0.15) is 5.82 Å². The summed E-state index contributed by atoms with van der Waals surface area (Å²) in [5.41, 5.74) is 1.15. The molecule has 0 saturated carbocycles. The monoisotopic (exact) mass is 264 g/mol. The number of nitrogens with one attached hydrogen (secondary N) is 1. The molecule has 104 valence electrons. The van der Waals surface area contributed by atoms with E-state index in [2.05, 4.69) is 10.2 Å². The van der Waals surface area contributed by atoms with Gasteiger partial charge in [-0.05, 0) is 37.6 Å². The third-order valence-corrected chi connectivity index (χ3v) is 4.17. The predicted molar refractivity (Wildman–Crippen MR) is 74.0 cm³/mol. The minimum atomic E-state index is -0.168. The number of rotatable bonds is 1. The molecule has 0 radical (unpaired) electrons. The molecule has 0 bridgehead atoms. The van der Waals surface area contributed by atoms with Gasteiger partial charge >= 0.3 is 0 Å². The van der Waals surface area contributed by atoms with Crippen LogP contribution in [0.25, 0.3) is 0 Å². The van der Waals surface area contributed by atoms with Crippen molar-refractivity contribution in [3.05, 3.63) is 30.1 Å². The SMILES string of the molecule is Fc1cccc(N2CCOC[C@@]3(CCCNC3)C2)c1. The van der Waals surface area contributed by atoms with Crippen LogP contribution in [0.5, 0.6) is 0 Å². The summed E-state index contributed by atoms with van der Waals surface area (Å²) in [6.45, 7) is 5.42. The molecular weight excluding hydrogens is 243 g/mol. The molecule has 3 rings (SSSR count). The third-order valence-electron chi connectivity index (χ3n) is 4.17. The molecular formula is C15H21FN2O. The fraction of sp³-hybridized carbons (Fsp3) is 0.600. The lowest BCUT2D eigenvalue weighted by atomic mass is 9.81. The van der Waals surface area contributed by atoms with E-state index in [4.69, 9.17) is 4.74 Å². The largest absolute Gasteiger partial charge is 0.379 e. The number of nitrogens with zero attached hydrogens (tertiary/aromatic N) is 1. The van der Waals surface area contributed by atoms with Crippen LogP contribution in [0.1, 0.15) is 12.8 Å². The Labute approximate surface area is 113 Å². The first-order valence-corrected chi connectivity index (χ1v) is 7.07. The van der Waals surface area contributed by atoms with Gasteiger partial charge < -0.3 is 15.0 Å². The van der Waals surface area contributed by atoms with Gasteiger partial charge in [-0.25, -0.2) is 4.39 Å². The van der Waals surface area contributed by atoms with Crippen molar-refractivity contribution in [1.82, 2.24) is 5.32 Å². The van der Waals surface area contributed by atoms with Crippen LogP contribution in [0.15, 0.2) is 24.3 Å². The highest BCUT2D eigenvalue weighted by Gasteiger charge is 2.36. The van der Waals surface area contributed by atoms with Gasteiger partial charge in [-0.3, -0.25) is 0 Å². The highest BCUT2D eigenvalue weighted by Crippen LogP contribution is 2.31. The van der Waals surface area contributed by atoms with Crippen LogP contribution in [-0.4, -0.2) is 39.4 Å². The van der Waals surface area contributed by atoms with Crippen LogP contribution >= 0.6 is 0 Å². The normalized spacial score (nSPS) is 28.4. The molecule has 0 aliphatic carbocycles. The Hall–Kier alpha value is -1.13. The fourth-order valence-electron chi connectivity index (χ4n) is 3.17. The average Bonchev–Trinajstić information content (AvgIpc) is 2.63. The van der Waals surface area contributed by atoms with Crippen molar-refractivity contribution in [2.45, 2.75) is 12.8 Å². The second kappa shape index (κ2) is 5.47. The molecule has 19 heavy (non-hydrogen) atoms. The summed E-state index contributed by atoms with van der Waals surface area (Å²) in [6, 6.07) is 6.88. The van der Waals surface area contributed by atoms with E-state index in [1.54, 1.807) is 12.1 Å².